The monoisotopic (exact) mass is 392 g/mol. The highest BCUT2D eigenvalue weighted by Gasteiger charge is 2.21. The molecule has 0 aliphatic rings. The Labute approximate surface area is 159 Å². The molecule has 0 bridgehead atoms. The number of carbonyl (C=O) groups is 2. The first-order valence-electron chi connectivity index (χ1n) is 7.95. The van der Waals surface area contributed by atoms with E-state index in [1.54, 1.807) is 18.2 Å². The summed E-state index contributed by atoms with van der Waals surface area (Å²) in [6.45, 7) is 3.67. The van der Waals surface area contributed by atoms with Gasteiger partial charge in [-0.05, 0) is 32.0 Å². The van der Waals surface area contributed by atoms with Crippen molar-refractivity contribution < 1.29 is 23.6 Å². The third-order valence-electron chi connectivity index (χ3n) is 3.24. The summed E-state index contributed by atoms with van der Waals surface area (Å²) < 4.78 is 18.4. The van der Waals surface area contributed by atoms with Gasteiger partial charge in [-0.1, -0.05) is 12.1 Å². The van der Waals surface area contributed by atoms with E-state index >= 15 is 0 Å². The quantitative estimate of drug-likeness (QED) is 0.254. The highest BCUT2D eigenvalue weighted by atomic mass is 32.2. The van der Waals surface area contributed by atoms with Crippen molar-refractivity contribution in [1.82, 2.24) is 5.32 Å². The summed E-state index contributed by atoms with van der Waals surface area (Å²) in [6, 6.07) is 8.98. The van der Waals surface area contributed by atoms with Crippen LogP contribution in [0.2, 0.25) is 0 Å². The number of ether oxygens (including phenoxy) is 1. The van der Waals surface area contributed by atoms with E-state index in [4.69, 9.17) is 4.74 Å². The molecule has 0 heterocycles. The van der Waals surface area contributed by atoms with Crippen molar-refractivity contribution in [2.45, 2.75) is 24.8 Å². The van der Waals surface area contributed by atoms with Crippen molar-refractivity contribution in [3.05, 3.63) is 64.0 Å². The number of nitrogens with zero attached hydrogens (tertiary/aromatic N) is 1. The Bertz CT molecular complexity index is 873. The van der Waals surface area contributed by atoms with Gasteiger partial charge in [0.2, 0.25) is 11.7 Å². The third-order valence-corrected chi connectivity index (χ3v) is 4.31. The van der Waals surface area contributed by atoms with Gasteiger partial charge in [-0.15, -0.1) is 11.8 Å². The number of benzene rings is 2. The van der Waals surface area contributed by atoms with Gasteiger partial charge in [0.05, 0.1) is 16.2 Å². The molecule has 27 heavy (non-hydrogen) atoms. The van der Waals surface area contributed by atoms with Crippen molar-refractivity contribution >= 4 is 29.3 Å². The Morgan fingerprint density at radius 3 is 2.63 bits per heavy atom. The van der Waals surface area contributed by atoms with E-state index in [1.165, 1.54) is 6.07 Å². The number of amides is 1. The lowest BCUT2D eigenvalue weighted by atomic mass is 10.2. The maximum absolute atomic E-state index is 13.4. The second kappa shape index (κ2) is 9.13. The smallest absolute Gasteiger partial charge is 0.344 e. The summed E-state index contributed by atoms with van der Waals surface area (Å²) >= 11 is 1.13. The lowest BCUT2D eigenvalue weighted by Crippen LogP contribution is -2.31. The molecule has 142 valence electrons. The molecule has 1 amide bonds. The van der Waals surface area contributed by atoms with Gasteiger partial charge in [0.1, 0.15) is 5.82 Å². The zero-order chi connectivity index (χ0) is 20.0. The van der Waals surface area contributed by atoms with Crippen LogP contribution in [0.4, 0.5) is 10.1 Å². The van der Waals surface area contributed by atoms with E-state index in [2.05, 4.69) is 5.32 Å². The van der Waals surface area contributed by atoms with E-state index in [9.17, 15) is 24.1 Å². The number of nitro groups is 1. The molecule has 1 N–H and O–H groups in total. The molecule has 0 saturated heterocycles. The van der Waals surface area contributed by atoms with Gasteiger partial charge in [-0.2, -0.15) is 0 Å². The first-order chi connectivity index (χ1) is 12.8. The second-order valence-electron chi connectivity index (χ2n) is 5.77. The number of hydrogen-bond donors (Lipinski definition) is 1. The van der Waals surface area contributed by atoms with Gasteiger partial charge < -0.3 is 10.1 Å². The summed E-state index contributed by atoms with van der Waals surface area (Å²) in [6.07, 6.45) is 0. The Morgan fingerprint density at radius 2 is 1.96 bits per heavy atom. The molecule has 0 saturated carbocycles. The van der Waals surface area contributed by atoms with Crippen molar-refractivity contribution in [3.8, 4) is 5.75 Å². The van der Waals surface area contributed by atoms with Gasteiger partial charge in [0, 0.05) is 23.1 Å². The standard InChI is InChI=1S/C18H17FN2O5S/c1-11(2)20-17(22)10-27-16-6-4-3-5-13(16)18(23)26-15-9-12(19)7-8-14(15)21(24)25/h3-9,11H,10H2,1-2H3,(H,20,22). The lowest BCUT2D eigenvalue weighted by Gasteiger charge is -2.11. The average Bonchev–Trinajstić information content (AvgIpc) is 2.59. The molecule has 2 rings (SSSR count). The number of hydrogen-bond acceptors (Lipinski definition) is 6. The SMILES string of the molecule is CC(C)NC(=O)CSc1ccccc1C(=O)Oc1cc(F)ccc1[N+](=O)[O-]. The molecule has 0 atom stereocenters. The van der Waals surface area contributed by atoms with Gasteiger partial charge >= 0.3 is 11.7 Å². The fourth-order valence-electron chi connectivity index (χ4n) is 2.14. The van der Waals surface area contributed by atoms with Gasteiger partial charge in [0.25, 0.3) is 0 Å². The third kappa shape index (κ3) is 5.78. The van der Waals surface area contributed by atoms with Crippen LogP contribution in [0.15, 0.2) is 47.4 Å². The van der Waals surface area contributed by atoms with Crippen molar-refractivity contribution in [2.24, 2.45) is 0 Å². The summed E-state index contributed by atoms with van der Waals surface area (Å²) in [4.78, 5) is 35.0. The molecule has 0 spiro atoms. The van der Waals surface area contributed by atoms with E-state index in [0.717, 1.165) is 30.0 Å². The molecule has 7 nitrogen and oxygen atoms in total. The van der Waals surface area contributed by atoms with Crippen molar-refractivity contribution in [1.29, 1.82) is 0 Å². The molecular weight excluding hydrogens is 375 g/mol. The fourth-order valence-corrected chi connectivity index (χ4v) is 3.00. The molecule has 2 aromatic rings. The number of thioether (sulfide) groups is 1. The lowest BCUT2D eigenvalue weighted by molar-refractivity contribution is -0.385. The normalized spacial score (nSPS) is 10.5. The fraction of sp³-hybridized carbons (Fsp3) is 0.222. The average molecular weight is 392 g/mol. The number of rotatable bonds is 7. The minimum absolute atomic E-state index is 0.00756. The largest absolute Gasteiger partial charge is 0.415 e. The molecule has 0 aliphatic carbocycles. The van der Waals surface area contributed by atoms with Crippen molar-refractivity contribution in [3.63, 3.8) is 0 Å². The second-order valence-corrected chi connectivity index (χ2v) is 6.78. The predicted molar refractivity (Wildman–Crippen MR) is 98.5 cm³/mol. The number of nitrogens with one attached hydrogen (secondary N) is 1. The van der Waals surface area contributed by atoms with E-state index in [0.29, 0.717) is 4.90 Å². The predicted octanol–water partition coefficient (Wildman–Crippen LogP) is 3.57. The number of nitro benzene ring substituents is 1. The molecule has 0 radical (unpaired) electrons. The molecule has 9 heteroatoms. The molecule has 0 aromatic heterocycles. The number of carbonyl (C=O) groups excluding carboxylic acids is 2. The van der Waals surface area contributed by atoms with E-state index in [1.807, 2.05) is 13.8 Å². The topological polar surface area (TPSA) is 98.5 Å². The highest BCUT2D eigenvalue weighted by molar-refractivity contribution is 8.00. The summed E-state index contributed by atoms with van der Waals surface area (Å²) in [5.74, 6) is -2.24. The molecule has 0 unspecified atom stereocenters. The zero-order valence-electron chi connectivity index (χ0n) is 14.6. The summed E-state index contributed by atoms with van der Waals surface area (Å²) in [5, 5.41) is 13.8. The molecular formula is C18H17FN2O5S. The minimum atomic E-state index is -0.879. The van der Waals surface area contributed by atoms with Crippen LogP contribution in [0, 0.1) is 15.9 Å². The van der Waals surface area contributed by atoms with Crippen LogP contribution < -0.4 is 10.1 Å². The van der Waals surface area contributed by atoms with Crippen LogP contribution in [0.25, 0.3) is 0 Å². The first kappa shape index (κ1) is 20.4. The van der Waals surface area contributed by atoms with Gasteiger partial charge in [-0.25, -0.2) is 9.18 Å². The molecule has 0 fully saturated rings. The number of esters is 1. The van der Waals surface area contributed by atoms with E-state index < -0.39 is 28.1 Å². The van der Waals surface area contributed by atoms with Crippen LogP contribution in [0.1, 0.15) is 24.2 Å². The van der Waals surface area contributed by atoms with Crippen LogP contribution in [0.3, 0.4) is 0 Å². The Hall–Kier alpha value is -2.94. The van der Waals surface area contributed by atoms with Crippen molar-refractivity contribution in [2.75, 3.05) is 5.75 Å². The molecule has 2 aromatic carbocycles. The zero-order valence-corrected chi connectivity index (χ0v) is 15.4. The van der Waals surface area contributed by atoms with Gasteiger partial charge in [0.15, 0.2) is 0 Å². The minimum Gasteiger partial charge on any atom is -0.415 e. The first-order valence-corrected chi connectivity index (χ1v) is 8.93. The van der Waals surface area contributed by atoms with Gasteiger partial charge in [-0.3, -0.25) is 14.9 Å². The summed E-state index contributed by atoms with van der Waals surface area (Å²) in [5.41, 5.74) is -0.399. The molecule has 0 aliphatic heterocycles. The summed E-state index contributed by atoms with van der Waals surface area (Å²) in [7, 11) is 0. The highest BCUT2D eigenvalue weighted by Crippen LogP contribution is 2.30. The maximum atomic E-state index is 13.4. The Morgan fingerprint density at radius 1 is 1.26 bits per heavy atom. The van der Waals surface area contributed by atoms with E-state index in [-0.39, 0.29) is 23.3 Å². The Kier molecular flexibility index (Phi) is 6.89. The Balaban J connectivity index is 2.19. The van der Waals surface area contributed by atoms with Crippen LogP contribution in [-0.4, -0.2) is 28.6 Å². The van der Waals surface area contributed by atoms with Crippen LogP contribution in [0.5, 0.6) is 5.75 Å². The maximum Gasteiger partial charge on any atom is 0.344 e. The van der Waals surface area contributed by atoms with Crippen LogP contribution in [-0.2, 0) is 4.79 Å². The number of halogens is 1. The van der Waals surface area contributed by atoms with Crippen LogP contribution >= 0.6 is 11.8 Å².